The maximum absolute atomic E-state index is 12.1. The number of rotatable bonds is 6. The van der Waals surface area contributed by atoms with E-state index in [1.54, 1.807) is 53.4 Å². The molecule has 0 aliphatic carbocycles. The van der Waals surface area contributed by atoms with E-state index in [4.69, 9.17) is 21.1 Å². The third kappa shape index (κ3) is 6.80. The molecule has 3 rings (SSSR count). The molecule has 1 aliphatic rings. The van der Waals surface area contributed by atoms with Gasteiger partial charge in [0.2, 0.25) is 0 Å². The van der Waals surface area contributed by atoms with E-state index in [1.807, 2.05) is 0 Å². The van der Waals surface area contributed by atoms with Gasteiger partial charge in [0, 0.05) is 13.1 Å². The van der Waals surface area contributed by atoms with Crippen molar-refractivity contribution in [2.24, 2.45) is 5.10 Å². The van der Waals surface area contributed by atoms with Crippen molar-refractivity contribution in [3.05, 3.63) is 59.1 Å². The van der Waals surface area contributed by atoms with Crippen molar-refractivity contribution in [1.29, 1.82) is 0 Å². The van der Waals surface area contributed by atoms with Gasteiger partial charge in [-0.1, -0.05) is 23.7 Å². The molecule has 0 radical (unpaired) electrons. The maximum atomic E-state index is 12.1. The molecule has 9 nitrogen and oxygen atoms in total. The summed E-state index contributed by atoms with van der Waals surface area (Å²) in [5, 5.41) is 6.48. The van der Waals surface area contributed by atoms with Crippen molar-refractivity contribution >= 4 is 41.2 Å². The summed E-state index contributed by atoms with van der Waals surface area (Å²) in [6.07, 6.45) is 1.38. The number of benzene rings is 2. The molecule has 3 amide bonds. The minimum absolute atomic E-state index is 0.0516. The van der Waals surface area contributed by atoms with Crippen LogP contribution >= 0.6 is 11.6 Å². The monoisotopic (exact) mass is 444 g/mol. The van der Waals surface area contributed by atoms with Crippen LogP contribution < -0.4 is 15.5 Å². The lowest BCUT2D eigenvalue weighted by molar-refractivity contribution is -0.137. The molecule has 1 fully saturated rings. The number of nitrogens with one attached hydrogen (secondary N) is 2. The average Bonchev–Trinajstić information content (AvgIpc) is 2.80. The largest absolute Gasteiger partial charge is 0.484 e. The van der Waals surface area contributed by atoms with Crippen molar-refractivity contribution in [2.45, 2.75) is 0 Å². The Hall–Kier alpha value is -3.43. The molecule has 2 aromatic rings. The van der Waals surface area contributed by atoms with Crippen molar-refractivity contribution in [2.75, 3.05) is 38.2 Å². The van der Waals surface area contributed by atoms with Crippen LogP contribution in [0.5, 0.6) is 5.75 Å². The fourth-order valence-corrected chi connectivity index (χ4v) is 2.84. The van der Waals surface area contributed by atoms with Crippen LogP contribution in [0.4, 0.5) is 5.69 Å². The predicted molar refractivity (Wildman–Crippen MR) is 115 cm³/mol. The first kappa shape index (κ1) is 22.3. The second-order valence-corrected chi connectivity index (χ2v) is 6.89. The Morgan fingerprint density at radius 3 is 2.48 bits per heavy atom. The Kier molecular flexibility index (Phi) is 7.97. The zero-order valence-electron chi connectivity index (χ0n) is 16.5. The van der Waals surface area contributed by atoms with E-state index >= 15 is 0 Å². The summed E-state index contributed by atoms with van der Waals surface area (Å²) in [5.74, 6) is -1.38. The summed E-state index contributed by atoms with van der Waals surface area (Å²) in [4.78, 5) is 37.5. The first-order valence-electron chi connectivity index (χ1n) is 9.50. The topological polar surface area (TPSA) is 109 Å². The highest BCUT2D eigenvalue weighted by atomic mass is 35.5. The lowest BCUT2D eigenvalue weighted by Gasteiger charge is -2.26. The van der Waals surface area contributed by atoms with Crippen molar-refractivity contribution in [3.8, 4) is 5.75 Å². The van der Waals surface area contributed by atoms with E-state index in [0.29, 0.717) is 48.3 Å². The Morgan fingerprint density at radius 2 is 1.77 bits per heavy atom. The Balaban J connectivity index is 1.43. The molecule has 2 N–H and O–H groups in total. The molecule has 0 unspecified atom stereocenters. The molecule has 2 aromatic carbocycles. The number of amides is 3. The molecule has 0 aromatic heterocycles. The molecule has 162 valence electrons. The lowest BCUT2D eigenvalue weighted by atomic mass is 10.2. The number of ether oxygens (including phenoxy) is 2. The van der Waals surface area contributed by atoms with Gasteiger partial charge in [0.05, 0.1) is 30.1 Å². The van der Waals surface area contributed by atoms with Crippen LogP contribution in [0.25, 0.3) is 0 Å². The highest BCUT2D eigenvalue weighted by molar-refractivity contribution is 6.41. The quantitative estimate of drug-likeness (QED) is 0.400. The predicted octanol–water partition coefficient (Wildman–Crippen LogP) is 1.67. The zero-order valence-corrected chi connectivity index (χ0v) is 17.3. The fourth-order valence-electron chi connectivity index (χ4n) is 2.66. The number of nitrogens with zero attached hydrogens (tertiary/aromatic N) is 2. The molecule has 0 bridgehead atoms. The van der Waals surface area contributed by atoms with Gasteiger partial charge >= 0.3 is 11.8 Å². The molecule has 0 atom stereocenters. The molecular formula is C21H21ClN4O5. The summed E-state index contributed by atoms with van der Waals surface area (Å²) in [5.41, 5.74) is 3.14. The first-order valence-corrected chi connectivity index (χ1v) is 9.88. The van der Waals surface area contributed by atoms with Crippen LogP contribution in [0, 0.1) is 0 Å². The number of anilines is 1. The van der Waals surface area contributed by atoms with E-state index in [1.165, 1.54) is 6.21 Å². The van der Waals surface area contributed by atoms with Gasteiger partial charge in [0.15, 0.2) is 6.61 Å². The van der Waals surface area contributed by atoms with Gasteiger partial charge in [0.25, 0.3) is 5.91 Å². The van der Waals surface area contributed by atoms with Crippen LogP contribution in [-0.4, -0.2) is 61.7 Å². The molecular weight excluding hydrogens is 424 g/mol. The minimum atomic E-state index is -0.933. The zero-order chi connectivity index (χ0) is 22.1. The van der Waals surface area contributed by atoms with Gasteiger partial charge in [0.1, 0.15) is 5.75 Å². The van der Waals surface area contributed by atoms with Crippen LogP contribution in [0.1, 0.15) is 5.56 Å². The number of hydrogen-bond donors (Lipinski definition) is 2. The summed E-state index contributed by atoms with van der Waals surface area (Å²) in [7, 11) is 0. The molecule has 31 heavy (non-hydrogen) atoms. The fraction of sp³-hybridized carbons (Fsp3) is 0.238. The molecule has 0 saturated carbocycles. The highest BCUT2D eigenvalue weighted by Crippen LogP contribution is 2.20. The van der Waals surface area contributed by atoms with Crippen LogP contribution in [0.15, 0.2) is 53.6 Å². The Bertz CT molecular complexity index is 958. The molecule has 0 spiro atoms. The summed E-state index contributed by atoms with van der Waals surface area (Å²) in [6.45, 7) is 2.17. The van der Waals surface area contributed by atoms with Gasteiger partial charge in [-0.3, -0.25) is 14.4 Å². The number of hydrazone groups is 1. The number of carbonyl (C=O) groups excluding carboxylic acids is 3. The molecule has 10 heteroatoms. The van der Waals surface area contributed by atoms with Gasteiger partial charge in [-0.2, -0.15) is 5.10 Å². The summed E-state index contributed by atoms with van der Waals surface area (Å²) < 4.78 is 10.7. The van der Waals surface area contributed by atoms with E-state index < -0.39 is 11.8 Å². The number of morpholine rings is 1. The third-order valence-corrected chi connectivity index (χ3v) is 4.64. The van der Waals surface area contributed by atoms with Crippen molar-refractivity contribution in [3.63, 3.8) is 0 Å². The molecule has 1 aliphatic heterocycles. The van der Waals surface area contributed by atoms with Gasteiger partial charge in [-0.25, -0.2) is 5.43 Å². The first-order chi connectivity index (χ1) is 15.0. The second-order valence-electron chi connectivity index (χ2n) is 6.48. The minimum Gasteiger partial charge on any atom is -0.484 e. The average molecular weight is 445 g/mol. The van der Waals surface area contributed by atoms with E-state index in [-0.39, 0.29) is 12.5 Å². The summed E-state index contributed by atoms with van der Waals surface area (Å²) in [6, 6.07) is 13.3. The molecule has 1 saturated heterocycles. The van der Waals surface area contributed by atoms with Crippen molar-refractivity contribution < 1.29 is 23.9 Å². The second kappa shape index (κ2) is 11.1. The van der Waals surface area contributed by atoms with Crippen LogP contribution in [0.3, 0.4) is 0 Å². The van der Waals surface area contributed by atoms with E-state index in [9.17, 15) is 14.4 Å². The number of para-hydroxylation sites is 1. The third-order valence-electron chi connectivity index (χ3n) is 4.31. The molecule has 1 heterocycles. The Labute approximate surface area is 184 Å². The van der Waals surface area contributed by atoms with Crippen molar-refractivity contribution in [1.82, 2.24) is 10.3 Å². The normalized spacial score (nSPS) is 13.6. The van der Waals surface area contributed by atoms with E-state index in [2.05, 4.69) is 15.8 Å². The number of carbonyl (C=O) groups is 3. The van der Waals surface area contributed by atoms with Crippen LogP contribution in [0.2, 0.25) is 5.02 Å². The number of hydrogen-bond acceptors (Lipinski definition) is 6. The van der Waals surface area contributed by atoms with Gasteiger partial charge in [-0.15, -0.1) is 0 Å². The van der Waals surface area contributed by atoms with Crippen LogP contribution in [-0.2, 0) is 19.1 Å². The van der Waals surface area contributed by atoms with Gasteiger partial charge < -0.3 is 19.7 Å². The van der Waals surface area contributed by atoms with Gasteiger partial charge in [-0.05, 0) is 42.0 Å². The number of halogens is 1. The SMILES string of the molecule is O=C(N/N=C\c1ccc(OCC(=O)N2CCOCC2)cc1)C(=O)Nc1ccccc1Cl. The highest BCUT2D eigenvalue weighted by Gasteiger charge is 2.17. The Morgan fingerprint density at radius 1 is 1.06 bits per heavy atom. The summed E-state index contributed by atoms with van der Waals surface area (Å²) >= 11 is 5.94. The maximum Gasteiger partial charge on any atom is 0.329 e. The standard InChI is InChI=1S/C21H21ClN4O5/c22-17-3-1-2-4-18(17)24-20(28)21(29)25-23-13-15-5-7-16(8-6-15)31-14-19(27)26-9-11-30-12-10-26/h1-8,13H,9-12,14H2,(H,24,28)(H,25,29)/b23-13-. The smallest absolute Gasteiger partial charge is 0.329 e. The lowest BCUT2D eigenvalue weighted by Crippen LogP contribution is -2.42. The van der Waals surface area contributed by atoms with E-state index in [0.717, 1.165) is 0 Å².